The number of carboxylic acid groups (broad SMARTS) is 1. The summed E-state index contributed by atoms with van der Waals surface area (Å²) >= 11 is 12.1. The lowest BCUT2D eigenvalue weighted by atomic mass is 10.3. The van der Waals surface area contributed by atoms with E-state index in [1.54, 1.807) is 0 Å². The van der Waals surface area contributed by atoms with Crippen LogP contribution in [0.5, 0.6) is 0 Å². The normalized spacial score (nSPS) is 11.3. The van der Waals surface area contributed by atoms with Crippen LogP contribution in [0.4, 0.5) is 5.82 Å². The summed E-state index contributed by atoms with van der Waals surface area (Å²) in [7, 11) is -3.89. The molecule has 0 aliphatic heterocycles. The topological polar surface area (TPSA) is 109 Å². The molecule has 0 spiro atoms. The summed E-state index contributed by atoms with van der Waals surface area (Å²) < 4.78 is 26.4. The van der Waals surface area contributed by atoms with Crippen molar-refractivity contribution in [1.29, 1.82) is 0 Å². The fourth-order valence-corrected chi connectivity index (χ4v) is 4.12. The molecule has 0 aliphatic carbocycles. The predicted molar refractivity (Wildman–Crippen MR) is 78.5 cm³/mol. The van der Waals surface area contributed by atoms with E-state index in [2.05, 4.69) is 14.7 Å². The van der Waals surface area contributed by atoms with Crippen LogP contribution in [-0.4, -0.2) is 29.5 Å². The van der Waals surface area contributed by atoms with Crippen molar-refractivity contribution in [2.45, 2.75) is 10.6 Å². The summed E-state index contributed by atoms with van der Waals surface area (Å²) in [5.74, 6) is -1.11. The van der Waals surface area contributed by atoms with Gasteiger partial charge in [-0.1, -0.05) is 11.6 Å². The number of aromatic nitrogens is 2. The first-order valence-corrected chi connectivity index (χ1v) is 8.35. The summed E-state index contributed by atoms with van der Waals surface area (Å²) in [5, 5.41) is 8.47. The van der Waals surface area contributed by atoms with Gasteiger partial charge in [0.2, 0.25) is 5.28 Å². The number of nitrogens with zero attached hydrogens (tertiary/aromatic N) is 2. The Hall–Kier alpha value is -1.42. The molecule has 0 amide bonds. The third-order valence-corrected chi connectivity index (χ3v) is 5.43. The van der Waals surface area contributed by atoms with Gasteiger partial charge in [0, 0.05) is 10.9 Å². The van der Waals surface area contributed by atoms with Gasteiger partial charge in [0.05, 0.1) is 6.42 Å². The number of sulfonamides is 1. The van der Waals surface area contributed by atoms with Crippen LogP contribution in [0.1, 0.15) is 4.88 Å². The molecule has 0 atom stereocenters. The zero-order valence-electron chi connectivity index (χ0n) is 10.1. The highest BCUT2D eigenvalue weighted by Gasteiger charge is 2.19. The zero-order valence-corrected chi connectivity index (χ0v) is 13.2. The molecule has 2 heterocycles. The molecule has 112 valence electrons. The molecule has 2 aromatic rings. The quantitative estimate of drug-likeness (QED) is 0.619. The van der Waals surface area contributed by atoms with Gasteiger partial charge in [-0.2, -0.15) is 4.98 Å². The summed E-state index contributed by atoms with van der Waals surface area (Å²) in [6.45, 7) is 0. The van der Waals surface area contributed by atoms with Gasteiger partial charge in [-0.3, -0.25) is 9.52 Å². The third kappa shape index (κ3) is 4.27. The van der Waals surface area contributed by atoms with Crippen molar-refractivity contribution in [2.24, 2.45) is 0 Å². The molecular formula is C10H7Cl2N3O4S2. The lowest BCUT2D eigenvalue weighted by molar-refractivity contribution is -0.136. The lowest BCUT2D eigenvalue weighted by Crippen LogP contribution is -2.12. The van der Waals surface area contributed by atoms with Gasteiger partial charge >= 0.3 is 5.97 Å². The molecule has 0 fully saturated rings. The second kappa shape index (κ2) is 6.14. The van der Waals surface area contributed by atoms with Crippen molar-refractivity contribution in [1.82, 2.24) is 9.97 Å². The Kier molecular flexibility index (Phi) is 4.67. The fourth-order valence-electron chi connectivity index (χ4n) is 1.38. The number of anilines is 1. The number of halogens is 2. The molecule has 0 saturated carbocycles. The molecular weight excluding hydrogens is 361 g/mol. The Bertz CT molecular complexity index is 771. The van der Waals surface area contributed by atoms with Crippen LogP contribution in [-0.2, 0) is 21.2 Å². The van der Waals surface area contributed by atoms with E-state index < -0.39 is 16.0 Å². The molecule has 0 saturated heterocycles. The molecule has 2 N–H and O–H groups in total. The predicted octanol–water partition coefficient (Wildman–Crippen LogP) is 2.27. The maximum atomic E-state index is 12.1. The Morgan fingerprint density at radius 3 is 2.67 bits per heavy atom. The molecule has 7 nitrogen and oxygen atoms in total. The van der Waals surface area contributed by atoms with Crippen molar-refractivity contribution in [3.63, 3.8) is 0 Å². The van der Waals surface area contributed by atoms with E-state index >= 15 is 0 Å². The van der Waals surface area contributed by atoms with E-state index in [-0.39, 0.29) is 26.9 Å². The summed E-state index contributed by atoms with van der Waals surface area (Å²) in [4.78, 5) is 18.3. The Balaban J connectivity index is 2.25. The minimum absolute atomic E-state index is 0.00885. The number of aliphatic carboxylic acids is 1. The fraction of sp³-hybridized carbons (Fsp3) is 0.100. The van der Waals surface area contributed by atoms with Gasteiger partial charge in [-0.25, -0.2) is 13.4 Å². The van der Waals surface area contributed by atoms with Crippen LogP contribution in [0.2, 0.25) is 10.4 Å². The Morgan fingerprint density at radius 1 is 1.33 bits per heavy atom. The van der Waals surface area contributed by atoms with Crippen LogP contribution in [0.15, 0.2) is 22.4 Å². The molecule has 2 rings (SSSR count). The molecule has 21 heavy (non-hydrogen) atoms. The smallest absolute Gasteiger partial charge is 0.308 e. The highest BCUT2D eigenvalue weighted by Crippen LogP contribution is 2.25. The molecule has 0 unspecified atom stereocenters. The summed E-state index contributed by atoms with van der Waals surface area (Å²) in [6.07, 6.45) is -0.245. The van der Waals surface area contributed by atoms with E-state index in [4.69, 9.17) is 28.3 Å². The highest BCUT2D eigenvalue weighted by molar-refractivity contribution is 7.94. The van der Waals surface area contributed by atoms with Gasteiger partial charge in [-0.05, 0) is 23.7 Å². The molecule has 0 radical (unpaired) electrons. The van der Waals surface area contributed by atoms with Gasteiger partial charge in [0.25, 0.3) is 10.0 Å². The molecule has 0 aliphatic rings. The van der Waals surface area contributed by atoms with Crippen LogP contribution in [0.25, 0.3) is 0 Å². The van der Waals surface area contributed by atoms with E-state index in [1.165, 1.54) is 18.2 Å². The molecule has 2 aromatic heterocycles. The van der Waals surface area contributed by atoms with Crippen molar-refractivity contribution in [3.05, 3.63) is 33.5 Å². The zero-order chi connectivity index (χ0) is 15.6. The minimum atomic E-state index is -3.89. The van der Waals surface area contributed by atoms with Crippen LogP contribution in [0.3, 0.4) is 0 Å². The van der Waals surface area contributed by atoms with E-state index in [1.807, 2.05) is 0 Å². The SMILES string of the molecule is O=C(O)Cc1ccc(S(=O)(=O)Nc2cc(Cl)nc(Cl)n2)s1. The number of thiophene rings is 1. The summed E-state index contributed by atoms with van der Waals surface area (Å²) in [6, 6.07) is 3.96. The molecule has 0 bridgehead atoms. The average Bonchev–Trinajstić information content (AvgIpc) is 2.74. The number of nitrogens with one attached hydrogen (secondary N) is 1. The first-order valence-electron chi connectivity index (χ1n) is 5.30. The summed E-state index contributed by atoms with van der Waals surface area (Å²) in [5.41, 5.74) is 0. The third-order valence-electron chi connectivity index (χ3n) is 2.13. The van der Waals surface area contributed by atoms with Gasteiger partial charge in [-0.15, -0.1) is 11.3 Å². The minimum Gasteiger partial charge on any atom is -0.481 e. The van der Waals surface area contributed by atoms with E-state index in [9.17, 15) is 13.2 Å². The van der Waals surface area contributed by atoms with Crippen LogP contribution >= 0.6 is 34.5 Å². The largest absolute Gasteiger partial charge is 0.481 e. The Morgan fingerprint density at radius 2 is 2.05 bits per heavy atom. The first-order chi connectivity index (χ1) is 9.76. The highest BCUT2D eigenvalue weighted by atomic mass is 35.5. The lowest BCUT2D eigenvalue weighted by Gasteiger charge is -2.05. The van der Waals surface area contributed by atoms with Gasteiger partial charge in [0.1, 0.15) is 15.2 Å². The average molecular weight is 368 g/mol. The van der Waals surface area contributed by atoms with Crippen molar-refractivity contribution >= 4 is 56.3 Å². The van der Waals surface area contributed by atoms with E-state index in [0.29, 0.717) is 4.88 Å². The number of carbonyl (C=O) groups is 1. The van der Waals surface area contributed by atoms with Crippen LogP contribution < -0.4 is 4.72 Å². The van der Waals surface area contributed by atoms with E-state index in [0.717, 1.165) is 11.3 Å². The molecule has 11 heteroatoms. The number of carboxylic acids is 1. The second-order valence-electron chi connectivity index (χ2n) is 3.74. The first kappa shape index (κ1) is 16.0. The number of hydrogen-bond donors (Lipinski definition) is 2. The van der Waals surface area contributed by atoms with Crippen molar-refractivity contribution in [3.8, 4) is 0 Å². The standard InChI is InChI=1S/C10H7Cl2N3O4S2/c11-6-4-7(14-10(12)13-6)15-21(18,19)9-2-1-5(20-9)3-8(16)17/h1-2,4H,3H2,(H,16,17)(H,13,14,15). The van der Waals surface area contributed by atoms with Crippen molar-refractivity contribution < 1.29 is 18.3 Å². The monoisotopic (exact) mass is 367 g/mol. The van der Waals surface area contributed by atoms with Gasteiger partial charge in [0.15, 0.2) is 0 Å². The second-order valence-corrected chi connectivity index (χ2v) is 7.54. The number of rotatable bonds is 5. The van der Waals surface area contributed by atoms with Crippen LogP contribution in [0, 0.1) is 0 Å². The molecule has 0 aromatic carbocycles. The Labute approximate surface area is 133 Å². The van der Waals surface area contributed by atoms with Crippen molar-refractivity contribution in [2.75, 3.05) is 4.72 Å². The maximum absolute atomic E-state index is 12.1. The van der Waals surface area contributed by atoms with Gasteiger partial charge < -0.3 is 5.11 Å². The number of hydrogen-bond acceptors (Lipinski definition) is 6. The maximum Gasteiger partial charge on any atom is 0.308 e.